The lowest BCUT2D eigenvalue weighted by Gasteiger charge is -2.36. The quantitative estimate of drug-likeness (QED) is 0.772. The zero-order valence-electron chi connectivity index (χ0n) is 15.9. The highest BCUT2D eigenvalue weighted by Gasteiger charge is 2.55. The van der Waals surface area contributed by atoms with E-state index in [4.69, 9.17) is 14.7 Å². The van der Waals surface area contributed by atoms with Gasteiger partial charge in [-0.05, 0) is 32.1 Å². The van der Waals surface area contributed by atoms with E-state index in [1.807, 2.05) is 18.2 Å². The summed E-state index contributed by atoms with van der Waals surface area (Å²) in [6.45, 7) is 4.21. The molecule has 1 aromatic heterocycles. The first-order valence-corrected chi connectivity index (χ1v) is 11.5. The molecule has 0 aromatic carbocycles. The van der Waals surface area contributed by atoms with Crippen LogP contribution < -0.4 is 4.90 Å². The number of anilines is 1. The molecule has 1 aromatic rings. The first kappa shape index (κ1) is 18.6. The van der Waals surface area contributed by atoms with Gasteiger partial charge in [-0.3, -0.25) is 0 Å². The number of rotatable bonds is 5. The van der Waals surface area contributed by atoms with Crippen molar-refractivity contribution in [2.45, 2.75) is 43.4 Å². The fraction of sp³-hybridized carbons (Fsp3) is 0.550. The molecule has 2 aliphatic carbocycles. The molecule has 0 bridgehead atoms. The third-order valence-electron chi connectivity index (χ3n) is 5.73. The minimum atomic E-state index is -3.24. The van der Waals surface area contributed by atoms with Gasteiger partial charge in [0.1, 0.15) is 10.6 Å². The Morgan fingerprint density at radius 3 is 2.78 bits per heavy atom. The predicted octanol–water partition coefficient (Wildman–Crippen LogP) is 2.67. The smallest absolute Gasteiger partial charge is 0.161 e. The van der Waals surface area contributed by atoms with Gasteiger partial charge in [0.05, 0.1) is 24.9 Å². The highest BCUT2D eigenvalue weighted by atomic mass is 32.2. The van der Waals surface area contributed by atoms with Crippen LogP contribution in [0.15, 0.2) is 24.3 Å². The lowest BCUT2D eigenvalue weighted by atomic mass is 10.1. The average Bonchev–Trinajstić information content (AvgIpc) is 3.50. The Hall–Kier alpha value is -1.73. The number of morpholine rings is 1. The summed E-state index contributed by atoms with van der Waals surface area (Å²) in [4.78, 5) is 11.8. The third-order valence-corrected chi connectivity index (χ3v) is 7.77. The van der Waals surface area contributed by atoms with Crippen LogP contribution in [0.5, 0.6) is 0 Å². The summed E-state index contributed by atoms with van der Waals surface area (Å²) in [5.74, 6) is 1.42. The molecule has 1 atom stereocenters. The molecule has 0 amide bonds. The Morgan fingerprint density at radius 1 is 1.33 bits per heavy atom. The van der Waals surface area contributed by atoms with Gasteiger partial charge < -0.3 is 9.64 Å². The second-order valence-electron chi connectivity index (χ2n) is 7.52. The first-order chi connectivity index (χ1) is 12.9. The van der Waals surface area contributed by atoms with Crippen molar-refractivity contribution in [1.82, 2.24) is 9.97 Å². The maximum atomic E-state index is 12.5. The fourth-order valence-electron chi connectivity index (χ4n) is 3.85. The van der Waals surface area contributed by atoms with Crippen molar-refractivity contribution < 1.29 is 13.2 Å². The summed E-state index contributed by atoms with van der Waals surface area (Å²) in [6, 6.07) is 2.14. The molecular weight excluding hydrogens is 362 g/mol. The van der Waals surface area contributed by atoms with E-state index in [9.17, 15) is 8.42 Å². The molecule has 1 aliphatic heterocycles. The van der Waals surface area contributed by atoms with Crippen LogP contribution in [0.4, 0.5) is 5.82 Å². The SMILES string of the molecule is CC[C@H]1COCCN1c1cc(C2(S(C)(=O)=O)CC2)nc(C2=CC[CH]C=C2)n1. The summed E-state index contributed by atoms with van der Waals surface area (Å²) in [5.41, 5.74) is 1.58. The van der Waals surface area contributed by atoms with E-state index in [0.29, 0.717) is 37.6 Å². The van der Waals surface area contributed by atoms with Crippen molar-refractivity contribution in [1.29, 1.82) is 0 Å². The Bertz CT molecular complexity index is 888. The Labute approximate surface area is 161 Å². The van der Waals surface area contributed by atoms with Gasteiger partial charge in [-0.1, -0.05) is 25.2 Å². The topological polar surface area (TPSA) is 72.4 Å². The van der Waals surface area contributed by atoms with Crippen molar-refractivity contribution in [2.24, 2.45) is 0 Å². The van der Waals surface area contributed by atoms with E-state index in [1.54, 1.807) is 0 Å². The molecular formula is C20H26N3O3S. The molecule has 7 heteroatoms. The van der Waals surface area contributed by atoms with Crippen molar-refractivity contribution in [2.75, 3.05) is 30.9 Å². The van der Waals surface area contributed by atoms with E-state index in [1.165, 1.54) is 6.26 Å². The van der Waals surface area contributed by atoms with E-state index in [0.717, 1.165) is 30.8 Å². The number of aromatic nitrogens is 2. The highest BCUT2D eigenvalue weighted by molar-refractivity contribution is 7.91. The summed E-state index contributed by atoms with van der Waals surface area (Å²) >= 11 is 0. The van der Waals surface area contributed by atoms with Crippen molar-refractivity contribution in [3.05, 3.63) is 42.2 Å². The minimum Gasteiger partial charge on any atom is -0.377 e. The molecule has 6 nitrogen and oxygen atoms in total. The number of hydrogen-bond donors (Lipinski definition) is 0. The molecule has 3 aliphatic rings. The third kappa shape index (κ3) is 3.43. The lowest BCUT2D eigenvalue weighted by Crippen LogP contribution is -2.45. The number of hydrogen-bond acceptors (Lipinski definition) is 6. The maximum Gasteiger partial charge on any atom is 0.161 e. The summed E-state index contributed by atoms with van der Waals surface area (Å²) in [7, 11) is -3.24. The second-order valence-corrected chi connectivity index (χ2v) is 9.85. The van der Waals surface area contributed by atoms with Crippen molar-refractivity contribution in [3.8, 4) is 0 Å². The molecule has 0 unspecified atom stereocenters. The molecule has 145 valence electrons. The van der Waals surface area contributed by atoms with Gasteiger partial charge >= 0.3 is 0 Å². The molecule has 27 heavy (non-hydrogen) atoms. The average molecular weight is 389 g/mol. The second kappa shape index (κ2) is 7.02. The van der Waals surface area contributed by atoms with Crippen LogP contribution in [0, 0.1) is 6.42 Å². The van der Waals surface area contributed by atoms with E-state index in [-0.39, 0.29) is 6.04 Å². The fourth-order valence-corrected chi connectivity index (χ4v) is 5.18. The summed E-state index contributed by atoms with van der Waals surface area (Å²) in [5, 5.41) is 0. The molecule has 4 rings (SSSR count). The molecule has 2 heterocycles. The largest absolute Gasteiger partial charge is 0.377 e. The Morgan fingerprint density at radius 2 is 2.15 bits per heavy atom. The number of ether oxygens (including phenoxy) is 1. The molecule has 1 radical (unpaired) electrons. The van der Waals surface area contributed by atoms with Gasteiger partial charge in [0.2, 0.25) is 0 Å². The van der Waals surface area contributed by atoms with E-state index in [2.05, 4.69) is 24.3 Å². The summed E-state index contributed by atoms with van der Waals surface area (Å²) in [6.07, 6.45) is 12.5. The lowest BCUT2D eigenvalue weighted by molar-refractivity contribution is 0.0925. The number of nitrogens with zero attached hydrogens (tertiary/aromatic N) is 3. The maximum absolute atomic E-state index is 12.5. The van der Waals surface area contributed by atoms with Crippen molar-refractivity contribution in [3.63, 3.8) is 0 Å². The van der Waals surface area contributed by atoms with Gasteiger partial charge in [0.15, 0.2) is 15.7 Å². The van der Waals surface area contributed by atoms with Crippen LogP contribution in [-0.4, -0.2) is 50.4 Å². The zero-order valence-corrected chi connectivity index (χ0v) is 16.7. The Kier molecular flexibility index (Phi) is 4.84. The normalized spacial score (nSPS) is 24.6. The van der Waals surface area contributed by atoms with Crippen LogP contribution in [0.3, 0.4) is 0 Å². The van der Waals surface area contributed by atoms with Crippen molar-refractivity contribution >= 4 is 21.2 Å². The van der Waals surface area contributed by atoms with Crippen LogP contribution in [0.25, 0.3) is 5.57 Å². The number of allylic oxidation sites excluding steroid dienone is 4. The molecule has 1 saturated carbocycles. The molecule has 1 saturated heterocycles. The monoisotopic (exact) mass is 388 g/mol. The van der Waals surface area contributed by atoms with E-state index < -0.39 is 14.6 Å². The van der Waals surface area contributed by atoms with Crippen LogP contribution >= 0.6 is 0 Å². The minimum absolute atomic E-state index is 0.243. The first-order valence-electron chi connectivity index (χ1n) is 9.58. The molecule has 0 spiro atoms. The highest BCUT2D eigenvalue weighted by Crippen LogP contribution is 2.52. The van der Waals surface area contributed by atoms with Crippen LogP contribution in [0.2, 0.25) is 0 Å². The van der Waals surface area contributed by atoms with Gasteiger partial charge in [-0.2, -0.15) is 0 Å². The molecule has 0 N–H and O–H groups in total. The predicted molar refractivity (Wildman–Crippen MR) is 106 cm³/mol. The summed E-state index contributed by atoms with van der Waals surface area (Å²) < 4.78 is 29.7. The van der Waals surface area contributed by atoms with Gasteiger partial charge in [0, 0.05) is 24.4 Å². The van der Waals surface area contributed by atoms with Gasteiger partial charge in [-0.25, -0.2) is 18.4 Å². The van der Waals surface area contributed by atoms with Gasteiger partial charge in [0.25, 0.3) is 0 Å². The van der Waals surface area contributed by atoms with Crippen LogP contribution in [-0.2, 0) is 19.3 Å². The number of sulfone groups is 1. The van der Waals surface area contributed by atoms with Gasteiger partial charge in [-0.15, -0.1) is 0 Å². The zero-order chi connectivity index (χ0) is 19.1. The Balaban J connectivity index is 1.82. The van der Waals surface area contributed by atoms with E-state index >= 15 is 0 Å². The standard InChI is InChI=1S/C20H26N3O3S/c1-3-16-14-26-12-11-23(16)18-13-17(20(9-10-20)27(2,24)25)21-19(22-18)15-7-5-4-6-8-15/h4-5,7-8,13,16H,3,6,9-12,14H2,1-2H3/t16-/m0/s1. The van der Waals surface area contributed by atoms with Crippen LogP contribution in [0.1, 0.15) is 44.1 Å². The molecule has 2 fully saturated rings.